The van der Waals surface area contributed by atoms with E-state index in [1.165, 1.54) is 0 Å². The molecule has 0 amide bonds. The lowest BCUT2D eigenvalue weighted by Gasteiger charge is -2.29. The molecule has 3 nitrogen and oxygen atoms in total. The zero-order valence-corrected chi connectivity index (χ0v) is 9.18. The van der Waals surface area contributed by atoms with E-state index >= 15 is 0 Å². The molecule has 0 saturated carbocycles. The van der Waals surface area contributed by atoms with Gasteiger partial charge in [-0.25, -0.2) is 8.57 Å². The highest BCUT2D eigenvalue weighted by Gasteiger charge is 2.77. The van der Waals surface area contributed by atoms with Crippen LogP contribution in [0, 0.1) is 0 Å². The first-order valence-corrected chi connectivity index (χ1v) is 5.24. The molecule has 0 N–H and O–H groups in total. The van der Waals surface area contributed by atoms with Crippen molar-refractivity contribution in [2.45, 2.75) is 29.9 Å². The van der Waals surface area contributed by atoms with Gasteiger partial charge in [0.15, 0.2) is 0 Å². The first kappa shape index (κ1) is 19.1. The molecule has 0 aliphatic heterocycles. The maximum absolute atomic E-state index is 12.4. The van der Waals surface area contributed by atoms with E-state index in [9.17, 15) is 56.7 Å². The lowest BCUT2D eigenvalue weighted by atomic mass is 10.1. The van der Waals surface area contributed by atoms with Gasteiger partial charge in [0.1, 0.15) is 0 Å². The second-order valence-corrected chi connectivity index (χ2v) is 4.57. The minimum atomic E-state index is -7.17. The smallest absolute Gasteiger partial charge is 0.219 e. The number of alkyl halides is 11. The SMILES string of the molecule is O=S(=O)(OC(F)C(F)(F)C(F)(F)C(F)(F)F)C(F)(F)F. The lowest BCUT2D eigenvalue weighted by Crippen LogP contribution is -2.57. The van der Waals surface area contributed by atoms with Crippen LogP contribution in [0.15, 0.2) is 0 Å². The highest BCUT2D eigenvalue weighted by Crippen LogP contribution is 2.49. The number of hydrogen-bond donors (Lipinski definition) is 0. The normalized spacial score (nSPS) is 17.1. The van der Waals surface area contributed by atoms with Crippen LogP contribution in [0.1, 0.15) is 0 Å². The first-order chi connectivity index (χ1) is 8.38. The van der Waals surface area contributed by atoms with E-state index in [1.54, 1.807) is 0 Å². The van der Waals surface area contributed by atoms with Gasteiger partial charge in [0.25, 0.3) is 6.36 Å². The van der Waals surface area contributed by atoms with Gasteiger partial charge >= 0.3 is 33.6 Å². The second-order valence-electron chi connectivity index (χ2n) is 3.01. The summed E-state index contributed by atoms with van der Waals surface area (Å²) in [6, 6.07) is 0. The van der Waals surface area contributed by atoms with Crippen molar-refractivity contribution in [3.8, 4) is 0 Å². The summed E-state index contributed by atoms with van der Waals surface area (Å²) in [6.45, 7) is 0. The summed E-state index contributed by atoms with van der Waals surface area (Å²) in [5.74, 6) is -14.1. The van der Waals surface area contributed by atoms with E-state index in [0.717, 1.165) is 0 Å². The van der Waals surface area contributed by atoms with E-state index < -0.39 is 40.0 Å². The second kappa shape index (κ2) is 4.85. The Labute approximate surface area is 102 Å². The molecule has 0 fully saturated rings. The van der Waals surface area contributed by atoms with Crippen LogP contribution >= 0.6 is 0 Å². The summed E-state index contributed by atoms with van der Waals surface area (Å²) in [7, 11) is -7.14. The van der Waals surface area contributed by atoms with Crippen molar-refractivity contribution < 1.29 is 60.9 Å². The standard InChI is InChI=1S/C5HF11O3S/c6-1(19-20(17,18)5(14,15)16)2(7,8)3(9,10)4(11,12)13/h1H. The van der Waals surface area contributed by atoms with Gasteiger partial charge in [-0.2, -0.15) is 52.3 Å². The minimum absolute atomic E-state index is 2.00. The summed E-state index contributed by atoms with van der Waals surface area (Å²) >= 11 is 0. The van der Waals surface area contributed by atoms with Crippen LogP contribution in [0.3, 0.4) is 0 Å². The van der Waals surface area contributed by atoms with Gasteiger partial charge in [-0.05, 0) is 0 Å². The zero-order chi connectivity index (χ0) is 16.8. The fourth-order valence-electron chi connectivity index (χ4n) is 0.558. The maximum atomic E-state index is 12.4. The molecule has 122 valence electrons. The molecule has 0 saturated heterocycles. The summed E-state index contributed by atoms with van der Waals surface area (Å²) in [5.41, 5.74) is -6.50. The molecule has 20 heavy (non-hydrogen) atoms. The Hall–Kier alpha value is -0.860. The third kappa shape index (κ3) is 3.24. The Morgan fingerprint density at radius 1 is 0.800 bits per heavy atom. The molecule has 0 aliphatic rings. The minimum Gasteiger partial charge on any atom is -0.219 e. The van der Waals surface area contributed by atoms with Crippen LogP contribution in [0.25, 0.3) is 0 Å². The van der Waals surface area contributed by atoms with Crippen LogP contribution in [0.2, 0.25) is 0 Å². The van der Waals surface area contributed by atoms with Crippen molar-refractivity contribution in [1.29, 1.82) is 0 Å². The van der Waals surface area contributed by atoms with Crippen molar-refractivity contribution >= 4 is 10.1 Å². The largest absolute Gasteiger partial charge is 0.523 e. The molecule has 0 aromatic heterocycles. The molecular weight excluding hydrogens is 349 g/mol. The predicted molar refractivity (Wildman–Crippen MR) is 36.9 cm³/mol. The molecule has 0 radical (unpaired) electrons. The fourth-order valence-corrected chi connectivity index (χ4v) is 1.01. The molecule has 0 spiro atoms. The fraction of sp³-hybridized carbons (Fsp3) is 1.00. The molecule has 1 unspecified atom stereocenters. The molecule has 0 aliphatic carbocycles. The van der Waals surface area contributed by atoms with Crippen LogP contribution in [0.5, 0.6) is 0 Å². The van der Waals surface area contributed by atoms with Crippen molar-refractivity contribution in [2.75, 3.05) is 0 Å². The molecule has 0 rings (SSSR count). The van der Waals surface area contributed by atoms with E-state index in [0.29, 0.717) is 0 Å². The molecule has 0 aromatic rings. The molecular formula is C5HF11O3S. The third-order valence-electron chi connectivity index (χ3n) is 1.55. The number of rotatable bonds is 4. The number of halogens is 11. The Kier molecular flexibility index (Phi) is 4.64. The van der Waals surface area contributed by atoms with Gasteiger partial charge in [-0.15, -0.1) is 0 Å². The van der Waals surface area contributed by atoms with Crippen molar-refractivity contribution in [3.05, 3.63) is 0 Å². The predicted octanol–water partition coefficient (Wildman–Crippen LogP) is 2.98. The summed E-state index contributed by atoms with van der Waals surface area (Å²) in [4.78, 5) is 0. The molecule has 0 heterocycles. The van der Waals surface area contributed by atoms with Crippen LogP contribution in [-0.2, 0) is 14.3 Å². The van der Waals surface area contributed by atoms with E-state index in [-0.39, 0.29) is 0 Å². The van der Waals surface area contributed by atoms with Gasteiger partial charge in [0.05, 0.1) is 0 Å². The summed E-state index contributed by atoms with van der Waals surface area (Å²) < 4.78 is 153. The van der Waals surface area contributed by atoms with Crippen LogP contribution < -0.4 is 0 Å². The molecule has 0 bridgehead atoms. The monoisotopic (exact) mass is 350 g/mol. The Bertz CT molecular complexity index is 446. The Morgan fingerprint density at radius 2 is 1.15 bits per heavy atom. The molecule has 15 heteroatoms. The van der Waals surface area contributed by atoms with Gasteiger partial charge in [-0.3, -0.25) is 0 Å². The Balaban J connectivity index is 5.47. The van der Waals surface area contributed by atoms with Gasteiger partial charge in [0.2, 0.25) is 0 Å². The molecule has 0 aromatic carbocycles. The van der Waals surface area contributed by atoms with Crippen molar-refractivity contribution in [2.24, 2.45) is 0 Å². The third-order valence-corrected chi connectivity index (χ3v) is 2.54. The lowest BCUT2D eigenvalue weighted by molar-refractivity contribution is -0.379. The highest BCUT2D eigenvalue weighted by atomic mass is 32.2. The highest BCUT2D eigenvalue weighted by molar-refractivity contribution is 7.87. The zero-order valence-electron chi connectivity index (χ0n) is 8.37. The average molecular weight is 350 g/mol. The van der Waals surface area contributed by atoms with Crippen molar-refractivity contribution in [1.82, 2.24) is 0 Å². The van der Waals surface area contributed by atoms with E-state index in [1.807, 2.05) is 4.18 Å². The van der Waals surface area contributed by atoms with Crippen LogP contribution in [0.4, 0.5) is 48.3 Å². The quantitative estimate of drug-likeness (QED) is 0.445. The Morgan fingerprint density at radius 3 is 1.40 bits per heavy atom. The van der Waals surface area contributed by atoms with Gasteiger partial charge in [0, 0.05) is 0 Å². The average Bonchev–Trinajstić information content (AvgIpc) is 2.12. The topological polar surface area (TPSA) is 43.4 Å². The van der Waals surface area contributed by atoms with E-state index in [4.69, 9.17) is 0 Å². The van der Waals surface area contributed by atoms with E-state index in [2.05, 4.69) is 0 Å². The van der Waals surface area contributed by atoms with Gasteiger partial charge < -0.3 is 0 Å². The first-order valence-electron chi connectivity index (χ1n) is 3.84. The molecule has 1 atom stereocenters. The van der Waals surface area contributed by atoms with Crippen molar-refractivity contribution in [3.63, 3.8) is 0 Å². The summed E-state index contributed by atoms with van der Waals surface area (Å²) in [5, 5.41) is 0. The number of hydrogen-bond acceptors (Lipinski definition) is 3. The summed E-state index contributed by atoms with van der Waals surface area (Å²) in [6.07, 6.45) is -12.5. The van der Waals surface area contributed by atoms with Crippen LogP contribution in [-0.4, -0.2) is 38.3 Å². The van der Waals surface area contributed by atoms with Gasteiger partial charge in [-0.1, -0.05) is 0 Å². The maximum Gasteiger partial charge on any atom is 0.523 e.